The first-order chi connectivity index (χ1) is 14.6. The van der Waals surface area contributed by atoms with Crippen LogP contribution in [0, 0.1) is 11.6 Å². The van der Waals surface area contributed by atoms with Crippen molar-refractivity contribution < 1.29 is 13.5 Å². The smallest absolute Gasteiger partial charge is 0.141 e. The molecule has 1 unspecified atom stereocenters. The summed E-state index contributed by atoms with van der Waals surface area (Å²) in [6.45, 7) is 3.63. The second-order valence-corrected chi connectivity index (χ2v) is 7.52. The summed E-state index contributed by atoms with van der Waals surface area (Å²) in [5.74, 6) is -0.413. The normalized spacial score (nSPS) is 17.4. The molecule has 1 aromatic heterocycles. The Labute approximate surface area is 178 Å². The van der Waals surface area contributed by atoms with Crippen molar-refractivity contribution in [3.05, 3.63) is 58.9 Å². The number of nitrogens with one attached hydrogen (secondary N) is 2. The van der Waals surface area contributed by atoms with Gasteiger partial charge in [0.1, 0.15) is 23.8 Å². The second-order valence-electron chi connectivity index (χ2n) is 7.12. The standard InChI is InChI=1S/C21H22ClF2N5O/c1-30-7-6-29-5-4-25-11-20(29)14-10-19-15(9-18(14)24)21(27-12-26-19)28-13-2-3-17(23)16(22)8-13/h2-3,8-10,12,20,25H,4-7,11H2,1H3,(H,26,27,28). The van der Waals surface area contributed by atoms with Gasteiger partial charge in [-0.3, -0.25) is 4.90 Å². The number of halogens is 3. The molecule has 1 saturated heterocycles. The Morgan fingerprint density at radius 3 is 2.90 bits per heavy atom. The second kappa shape index (κ2) is 9.18. The van der Waals surface area contributed by atoms with Gasteiger partial charge in [0.25, 0.3) is 0 Å². The maximum absolute atomic E-state index is 15.2. The van der Waals surface area contributed by atoms with Gasteiger partial charge in [0, 0.05) is 49.9 Å². The van der Waals surface area contributed by atoms with Crippen LogP contribution >= 0.6 is 11.6 Å². The van der Waals surface area contributed by atoms with E-state index in [4.69, 9.17) is 16.3 Å². The summed E-state index contributed by atoms with van der Waals surface area (Å²) in [5, 5.41) is 6.93. The van der Waals surface area contributed by atoms with E-state index in [1.165, 1.54) is 24.5 Å². The minimum atomic E-state index is -0.510. The first-order valence-corrected chi connectivity index (χ1v) is 10.0. The maximum Gasteiger partial charge on any atom is 0.141 e. The number of anilines is 2. The van der Waals surface area contributed by atoms with Crippen LogP contribution in [0.3, 0.4) is 0 Å². The molecule has 158 valence electrons. The average molecular weight is 434 g/mol. The van der Waals surface area contributed by atoms with Crippen LogP contribution in [0.2, 0.25) is 5.02 Å². The lowest BCUT2D eigenvalue weighted by Gasteiger charge is -2.36. The van der Waals surface area contributed by atoms with E-state index in [-0.39, 0.29) is 16.9 Å². The molecule has 1 atom stereocenters. The molecule has 2 N–H and O–H groups in total. The van der Waals surface area contributed by atoms with Crippen molar-refractivity contribution in [2.45, 2.75) is 6.04 Å². The van der Waals surface area contributed by atoms with E-state index >= 15 is 4.39 Å². The number of aromatic nitrogens is 2. The van der Waals surface area contributed by atoms with Crippen molar-refractivity contribution in [1.82, 2.24) is 20.2 Å². The zero-order chi connectivity index (χ0) is 21.1. The van der Waals surface area contributed by atoms with Crippen LogP contribution < -0.4 is 10.6 Å². The molecule has 30 heavy (non-hydrogen) atoms. The summed E-state index contributed by atoms with van der Waals surface area (Å²) >= 11 is 5.85. The van der Waals surface area contributed by atoms with Crippen LogP contribution in [-0.2, 0) is 4.74 Å². The summed E-state index contributed by atoms with van der Waals surface area (Å²) in [5.41, 5.74) is 1.75. The lowest BCUT2D eigenvalue weighted by Crippen LogP contribution is -2.47. The van der Waals surface area contributed by atoms with Gasteiger partial charge in [-0.25, -0.2) is 18.7 Å². The largest absolute Gasteiger partial charge is 0.383 e. The van der Waals surface area contributed by atoms with Crippen LogP contribution in [0.5, 0.6) is 0 Å². The number of hydrogen-bond acceptors (Lipinski definition) is 6. The molecular formula is C21H22ClF2N5O. The van der Waals surface area contributed by atoms with Crippen LogP contribution in [-0.4, -0.2) is 54.8 Å². The third kappa shape index (κ3) is 4.37. The number of nitrogens with zero attached hydrogens (tertiary/aromatic N) is 3. The van der Waals surface area contributed by atoms with Crippen molar-refractivity contribution in [2.75, 3.05) is 45.2 Å². The monoisotopic (exact) mass is 433 g/mol. The van der Waals surface area contributed by atoms with Gasteiger partial charge < -0.3 is 15.4 Å². The van der Waals surface area contributed by atoms with E-state index < -0.39 is 5.82 Å². The highest BCUT2D eigenvalue weighted by Crippen LogP contribution is 2.31. The van der Waals surface area contributed by atoms with E-state index in [0.29, 0.717) is 41.1 Å². The highest BCUT2D eigenvalue weighted by molar-refractivity contribution is 6.31. The molecular weight excluding hydrogens is 412 g/mol. The zero-order valence-corrected chi connectivity index (χ0v) is 17.2. The van der Waals surface area contributed by atoms with Gasteiger partial charge in [0.2, 0.25) is 0 Å². The van der Waals surface area contributed by atoms with Crippen molar-refractivity contribution in [3.8, 4) is 0 Å². The average Bonchev–Trinajstić information content (AvgIpc) is 2.75. The summed E-state index contributed by atoms with van der Waals surface area (Å²) < 4.78 is 33.8. The van der Waals surface area contributed by atoms with Crippen LogP contribution in [0.15, 0.2) is 36.7 Å². The van der Waals surface area contributed by atoms with Crippen molar-refractivity contribution >= 4 is 34.0 Å². The summed E-state index contributed by atoms with van der Waals surface area (Å²) in [6.07, 6.45) is 1.42. The Morgan fingerprint density at radius 2 is 2.10 bits per heavy atom. The van der Waals surface area contributed by atoms with Gasteiger partial charge in [-0.15, -0.1) is 0 Å². The Morgan fingerprint density at radius 1 is 1.23 bits per heavy atom. The maximum atomic E-state index is 15.2. The SMILES string of the molecule is COCCN1CCNCC1c1cc2ncnc(Nc3ccc(F)c(Cl)c3)c2cc1F. The molecule has 0 amide bonds. The first-order valence-electron chi connectivity index (χ1n) is 9.66. The molecule has 4 rings (SSSR count). The molecule has 1 fully saturated rings. The van der Waals surface area contributed by atoms with Crippen LogP contribution in [0.1, 0.15) is 11.6 Å². The quantitative estimate of drug-likeness (QED) is 0.615. The van der Waals surface area contributed by atoms with Gasteiger partial charge in [-0.2, -0.15) is 0 Å². The third-order valence-corrected chi connectivity index (χ3v) is 5.52. The Balaban J connectivity index is 1.68. The Kier molecular flexibility index (Phi) is 6.38. The number of rotatable bonds is 6. The minimum Gasteiger partial charge on any atom is -0.383 e. The Bertz CT molecular complexity index is 1050. The van der Waals surface area contributed by atoms with Gasteiger partial charge in [-0.1, -0.05) is 11.6 Å². The van der Waals surface area contributed by atoms with E-state index in [2.05, 4.69) is 25.5 Å². The molecule has 1 aliphatic heterocycles. The van der Waals surface area contributed by atoms with Gasteiger partial charge in [0.15, 0.2) is 0 Å². The van der Waals surface area contributed by atoms with E-state index in [0.717, 1.165) is 19.6 Å². The van der Waals surface area contributed by atoms with Gasteiger partial charge >= 0.3 is 0 Å². The molecule has 0 spiro atoms. The number of ether oxygens (including phenoxy) is 1. The van der Waals surface area contributed by atoms with E-state index in [9.17, 15) is 4.39 Å². The van der Waals surface area contributed by atoms with Crippen molar-refractivity contribution in [1.29, 1.82) is 0 Å². The number of benzene rings is 2. The molecule has 0 radical (unpaired) electrons. The van der Waals surface area contributed by atoms with E-state index in [1.807, 2.05) is 0 Å². The van der Waals surface area contributed by atoms with Gasteiger partial charge in [-0.05, 0) is 30.3 Å². The number of piperazine rings is 1. The molecule has 3 aromatic rings. The van der Waals surface area contributed by atoms with Crippen LogP contribution in [0.25, 0.3) is 10.9 Å². The Hall–Kier alpha value is -2.39. The zero-order valence-electron chi connectivity index (χ0n) is 16.5. The predicted octanol–water partition coefficient (Wildman–Crippen LogP) is 3.90. The fourth-order valence-corrected chi connectivity index (χ4v) is 3.87. The van der Waals surface area contributed by atoms with Crippen LogP contribution in [0.4, 0.5) is 20.3 Å². The topological polar surface area (TPSA) is 62.3 Å². The predicted molar refractivity (Wildman–Crippen MR) is 113 cm³/mol. The molecule has 2 heterocycles. The molecule has 6 nitrogen and oxygen atoms in total. The molecule has 0 bridgehead atoms. The summed E-state index contributed by atoms with van der Waals surface area (Å²) in [4.78, 5) is 10.8. The summed E-state index contributed by atoms with van der Waals surface area (Å²) in [7, 11) is 1.66. The fraction of sp³-hybridized carbons (Fsp3) is 0.333. The highest BCUT2D eigenvalue weighted by atomic mass is 35.5. The first kappa shape index (κ1) is 20.9. The molecule has 0 saturated carbocycles. The van der Waals surface area contributed by atoms with E-state index in [1.54, 1.807) is 19.2 Å². The lowest BCUT2D eigenvalue weighted by atomic mass is 10.0. The molecule has 0 aliphatic carbocycles. The number of fused-ring (bicyclic) bond motifs is 1. The number of hydrogen-bond donors (Lipinski definition) is 2. The minimum absolute atomic E-state index is 0.00669. The molecule has 2 aromatic carbocycles. The third-order valence-electron chi connectivity index (χ3n) is 5.23. The lowest BCUT2D eigenvalue weighted by molar-refractivity contribution is 0.102. The van der Waals surface area contributed by atoms with Crippen molar-refractivity contribution in [2.24, 2.45) is 0 Å². The fourth-order valence-electron chi connectivity index (χ4n) is 3.69. The highest BCUT2D eigenvalue weighted by Gasteiger charge is 2.26. The number of methoxy groups -OCH3 is 1. The van der Waals surface area contributed by atoms with Gasteiger partial charge in [0.05, 0.1) is 23.2 Å². The summed E-state index contributed by atoms with van der Waals surface area (Å²) in [6, 6.07) is 7.37. The molecule has 9 heteroatoms. The van der Waals surface area contributed by atoms with Crippen molar-refractivity contribution in [3.63, 3.8) is 0 Å². The molecule has 1 aliphatic rings.